The van der Waals surface area contributed by atoms with Crippen LogP contribution in [0.4, 0.5) is 5.69 Å². The summed E-state index contributed by atoms with van der Waals surface area (Å²) in [7, 11) is -3.99. The zero-order valence-corrected chi connectivity index (χ0v) is 18.0. The summed E-state index contributed by atoms with van der Waals surface area (Å²) in [5.41, 5.74) is 3.38. The van der Waals surface area contributed by atoms with E-state index in [1.165, 1.54) is 18.4 Å². The largest absolute Gasteiger partial charge is 0.487 e. The molecule has 1 heterocycles. The van der Waals surface area contributed by atoms with Crippen LogP contribution in [0.5, 0.6) is 5.75 Å². The molecule has 8 heteroatoms. The molecule has 31 heavy (non-hydrogen) atoms. The second-order valence-corrected chi connectivity index (χ2v) is 8.84. The number of hydrogen-bond acceptors (Lipinski definition) is 5. The smallest absolute Gasteiger partial charge is 0.335 e. The molecule has 3 rings (SSSR count). The molecule has 0 atom stereocenters. The number of nitrogens with one attached hydrogen (secondary N) is 1. The fourth-order valence-corrected chi connectivity index (χ4v) is 4.17. The third kappa shape index (κ3) is 5.55. The summed E-state index contributed by atoms with van der Waals surface area (Å²) in [4.78, 5) is 11.0. The molecule has 1 aromatic heterocycles. The molecule has 0 amide bonds. The van der Waals surface area contributed by atoms with E-state index in [4.69, 9.17) is 14.3 Å². The average Bonchev–Trinajstić information content (AvgIpc) is 3.16. The number of anilines is 1. The van der Waals surface area contributed by atoms with Gasteiger partial charge in [-0.2, -0.15) is 8.42 Å². The van der Waals surface area contributed by atoms with E-state index in [2.05, 4.69) is 11.3 Å². The highest BCUT2D eigenvalue weighted by molar-refractivity contribution is 7.92. The number of carbonyl (C=O) groups is 1. The van der Waals surface area contributed by atoms with Gasteiger partial charge in [-0.3, -0.25) is 4.72 Å². The van der Waals surface area contributed by atoms with Crippen molar-refractivity contribution in [3.05, 3.63) is 89.2 Å². The van der Waals surface area contributed by atoms with Crippen molar-refractivity contribution in [1.82, 2.24) is 0 Å². The summed E-state index contributed by atoms with van der Waals surface area (Å²) in [6, 6.07) is 13.0. The topological polar surface area (TPSA) is 106 Å². The molecule has 0 fully saturated rings. The summed E-state index contributed by atoms with van der Waals surface area (Å²) >= 11 is 0. The van der Waals surface area contributed by atoms with Crippen molar-refractivity contribution in [2.45, 2.75) is 32.0 Å². The minimum atomic E-state index is -3.99. The van der Waals surface area contributed by atoms with Crippen LogP contribution in [0.3, 0.4) is 0 Å². The van der Waals surface area contributed by atoms with Crippen molar-refractivity contribution in [2.75, 3.05) is 4.72 Å². The lowest BCUT2D eigenvalue weighted by molar-refractivity contribution is 0.0697. The molecular weight excluding hydrogens is 418 g/mol. The Morgan fingerprint density at radius 1 is 1.16 bits per heavy atom. The Morgan fingerprint density at radius 3 is 2.52 bits per heavy atom. The Hall–Kier alpha value is -3.52. The van der Waals surface area contributed by atoms with Gasteiger partial charge in [0, 0.05) is 5.56 Å². The normalized spacial score (nSPS) is 11.2. The zero-order valence-electron chi connectivity index (χ0n) is 17.2. The number of aryl methyl sites for hydroxylation is 1. The van der Waals surface area contributed by atoms with E-state index in [1.807, 2.05) is 13.8 Å². The molecule has 3 aromatic rings. The van der Waals surface area contributed by atoms with Gasteiger partial charge in [-0.25, -0.2) is 4.79 Å². The lowest BCUT2D eigenvalue weighted by Crippen LogP contribution is -2.15. The highest BCUT2D eigenvalue weighted by atomic mass is 32.2. The number of aromatic carboxylic acids is 1. The summed E-state index contributed by atoms with van der Waals surface area (Å²) < 4.78 is 39.5. The minimum absolute atomic E-state index is 0.138. The Bertz CT molecular complexity index is 1210. The maximum Gasteiger partial charge on any atom is 0.335 e. The van der Waals surface area contributed by atoms with Crippen LogP contribution in [0.2, 0.25) is 0 Å². The predicted octanol–water partition coefficient (Wildman–Crippen LogP) is 4.78. The third-order valence-corrected chi connectivity index (χ3v) is 5.75. The van der Waals surface area contributed by atoms with Gasteiger partial charge >= 0.3 is 5.97 Å². The van der Waals surface area contributed by atoms with Gasteiger partial charge in [-0.1, -0.05) is 30.4 Å². The monoisotopic (exact) mass is 441 g/mol. The van der Waals surface area contributed by atoms with Crippen molar-refractivity contribution < 1.29 is 27.5 Å². The molecule has 0 bridgehead atoms. The Kier molecular flexibility index (Phi) is 6.50. The van der Waals surface area contributed by atoms with Crippen molar-refractivity contribution >= 4 is 21.7 Å². The molecule has 0 radical (unpaired) electrons. The first-order chi connectivity index (χ1) is 14.7. The van der Waals surface area contributed by atoms with Gasteiger partial charge in [0.1, 0.15) is 12.4 Å². The van der Waals surface area contributed by atoms with Crippen molar-refractivity contribution in [2.24, 2.45) is 0 Å². The molecule has 0 aliphatic heterocycles. The third-order valence-electron chi connectivity index (χ3n) is 4.42. The molecule has 0 saturated heterocycles. The van der Waals surface area contributed by atoms with Crippen LogP contribution in [0.25, 0.3) is 0 Å². The quantitative estimate of drug-likeness (QED) is 0.463. The highest BCUT2D eigenvalue weighted by Crippen LogP contribution is 2.30. The lowest BCUT2D eigenvalue weighted by atomic mass is 10.1. The number of hydrogen-bond donors (Lipinski definition) is 2. The van der Waals surface area contributed by atoms with Crippen molar-refractivity contribution in [3.8, 4) is 5.75 Å². The fraction of sp³-hybridized carbons (Fsp3) is 0.174. The molecule has 0 unspecified atom stereocenters. The van der Waals surface area contributed by atoms with Gasteiger partial charge in [-0.05, 0) is 61.7 Å². The lowest BCUT2D eigenvalue weighted by Gasteiger charge is -2.14. The summed E-state index contributed by atoms with van der Waals surface area (Å²) in [5, 5.41) is 8.83. The van der Waals surface area contributed by atoms with Crippen LogP contribution in [0.1, 0.15) is 34.0 Å². The average molecular weight is 442 g/mol. The van der Waals surface area contributed by atoms with Crippen LogP contribution >= 0.6 is 0 Å². The molecule has 0 aliphatic carbocycles. The molecule has 162 valence electrons. The van der Waals surface area contributed by atoms with Crippen molar-refractivity contribution in [1.29, 1.82) is 0 Å². The second-order valence-electron chi connectivity index (χ2n) is 7.26. The Balaban J connectivity index is 1.82. The first-order valence-electron chi connectivity index (χ1n) is 9.45. The van der Waals surface area contributed by atoms with E-state index in [0.29, 0.717) is 17.7 Å². The zero-order chi connectivity index (χ0) is 22.6. The van der Waals surface area contributed by atoms with Gasteiger partial charge in [0.2, 0.25) is 5.09 Å². The van der Waals surface area contributed by atoms with E-state index in [1.54, 1.807) is 36.4 Å². The summed E-state index contributed by atoms with van der Waals surface area (Å²) in [6.45, 7) is 7.61. The summed E-state index contributed by atoms with van der Waals surface area (Å²) in [5.74, 6) is -0.670. The van der Waals surface area contributed by atoms with E-state index < -0.39 is 16.0 Å². The van der Waals surface area contributed by atoms with Crippen LogP contribution in [-0.2, 0) is 23.1 Å². The van der Waals surface area contributed by atoms with Gasteiger partial charge in [0.15, 0.2) is 0 Å². The molecule has 2 N–H and O–H groups in total. The number of ether oxygens (including phenoxy) is 1. The van der Waals surface area contributed by atoms with Gasteiger partial charge in [-0.15, -0.1) is 0 Å². The maximum absolute atomic E-state index is 13.0. The molecule has 0 aliphatic rings. The van der Waals surface area contributed by atoms with E-state index in [-0.39, 0.29) is 22.9 Å². The SMILES string of the molecule is C=C(C)Cc1ccoc1S(=O)(=O)Nc1cc(C)ccc1OCc1ccc(C(=O)O)cc1. The Labute approximate surface area is 181 Å². The van der Waals surface area contributed by atoms with Gasteiger partial charge < -0.3 is 14.3 Å². The maximum atomic E-state index is 13.0. The van der Waals surface area contributed by atoms with Crippen LogP contribution in [0.15, 0.2) is 76.5 Å². The van der Waals surface area contributed by atoms with E-state index in [9.17, 15) is 13.2 Å². The van der Waals surface area contributed by atoms with E-state index >= 15 is 0 Å². The highest BCUT2D eigenvalue weighted by Gasteiger charge is 2.24. The molecule has 0 spiro atoms. The predicted molar refractivity (Wildman–Crippen MR) is 117 cm³/mol. The summed E-state index contributed by atoms with van der Waals surface area (Å²) in [6.07, 6.45) is 1.72. The molecule has 2 aromatic carbocycles. The van der Waals surface area contributed by atoms with Gasteiger partial charge in [0.25, 0.3) is 10.0 Å². The minimum Gasteiger partial charge on any atom is -0.487 e. The van der Waals surface area contributed by atoms with Crippen molar-refractivity contribution in [3.63, 3.8) is 0 Å². The molecule has 0 saturated carbocycles. The molecular formula is C23H23NO6S. The Morgan fingerprint density at radius 2 is 1.87 bits per heavy atom. The fourth-order valence-electron chi connectivity index (χ4n) is 2.96. The number of allylic oxidation sites excluding steroid dienone is 1. The number of rotatable bonds is 9. The standard InChI is InChI=1S/C23H23NO6S/c1-15(2)12-19-10-11-29-23(19)31(27,28)24-20-13-16(3)4-9-21(20)30-14-17-5-7-18(8-6-17)22(25)26/h4-11,13,24H,1,12,14H2,2-3H3,(H,25,26). The number of furan rings is 1. The number of sulfonamides is 1. The number of carboxylic acid groups (broad SMARTS) is 1. The van der Waals surface area contributed by atoms with Crippen LogP contribution < -0.4 is 9.46 Å². The first-order valence-corrected chi connectivity index (χ1v) is 10.9. The number of carboxylic acids is 1. The first kappa shape index (κ1) is 22.2. The van der Waals surface area contributed by atoms with Gasteiger partial charge in [0.05, 0.1) is 17.5 Å². The van der Waals surface area contributed by atoms with E-state index in [0.717, 1.165) is 16.7 Å². The molecule has 7 nitrogen and oxygen atoms in total. The van der Waals surface area contributed by atoms with Crippen LogP contribution in [0, 0.1) is 6.92 Å². The number of benzene rings is 2. The second kappa shape index (κ2) is 9.09. The van der Waals surface area contributed by atoms with Crippen LogP contribution in [-0.4, -0.2) is 19.5 Å².